The van der Waals surface area contributed by atoms with Crippen molar-refractivity contribution in [3.8, 4) is 0 Å². The average molecular weight is 302 g/mol. The van der Waals surface area contributed by atoms with Crippen molar-refractivity contribution in [1.82, 2.24) is 5.32 Å². The Hall–Kier alpha value is -1.88. The van der Waals surface area contributed by atoms with Crippen molar-refractivity contribution in [2.24, 2.45) is 5.92 Å². The number of hydrogen-bond donors (Lipinski definition) is 2. The molecule has 118 valence electrons. The lowest BCUT2D eigenvalue weighted by molar-refractivity contribution is -0.131. The summed E-state index contributed by atoms with van der Waals surface area (Å²) in [6.07, 6.45) is 2.26. The van der Waals surface area contributed by atoms with E-state index in [1.807, 2.05) is 37.3 Å². The van der Waals surface area contributed by atoms with Crippen LogP contribution >= 0.6 is 0 Å². The summed E-state index contributed by atoms with van der Waals surface area (Å²) in [7, 11) is 0. The number of hydrogen-bond acceptors (Lipinski definition) is 3. The van der Waals surface area contributed by atoms with E-state index < -0.39 is 12.1 Å². The second-order valence-corrected chi connectivity index (χ2v) is 6.29. The molecule has 1 saturated heterocycles. The first-order valence-corrected chi connectivity index (χ1v) is 7.94. The minimum absolute atomic E-state index is 0.0497. The topological polar surface area (TPSA) is 69.6 Å². The van der Waals surface area contributed by atoms with Gasteiger partial charge in [-0.25, -0.2) is 0 Å². The second kappa shape index (κ2) is 6.08. The van der Waals surface area contributed by atoms with E-state index in [9.17, 15) is 14.7 Å². The predicted octanol–water partition coefficient (Wildman–Crippen LogP) is 1.46. The van der Waals surface area contributed by atoms with Gasteiger partial charge in [0.25, 0.3) is 0 Å². The summed E-state index contributed by atoms with van der Waals surface area (Å²) < 4.78 is 0. The molecule has 1 aliphatic heterocycles. The van der Waals surface area contributed by atoms with E-state index in [1.165, 1.54) is 0 Å². The van der Waals surface area contributed by atoms with Gasteiger partial charge in [0.15, 0.2) is 0 Å². The lowest BCUT2D eigenvalue weighted by Crippen LogP contribution is -2.45. The van der Waals surface area contributed by atoms with Gasteiger partial charge in [0.2, 0.25) is 11.8 Å². The first-order chi connectivity index (χ1) is 10.6. The number of rotatable bonds is 3. The summed E-state index contributed by atoms with van der Waals surface area (Å²) >= 11 is 0. The highest BCUT2D eigenvalue weighted by atomic mass is 16.3. The van der Waals surface area contributed by atoms with Crippen molar-refractivity contribution in [2.75, 3.05) is 4.90 Å². The number of aliphatic hydroxyl groups excluding tert-OH is 1. The number of benzene rings is 1. The van der Waals surface area contributed by atoms with Crippen molar-refractivity contribution in [3.63, 3.8) is 0 Å². The van der Waals surface area contributed by atoms with Crippen LogP contribution in [0.15, 0.2) is 30.3 Å². The zero-order valence-electron chi connectivity index (χ0n) is 12.7. The van der Waals surface area contributed by atoms with Gasteiger partial charge in [0.05, 0.1) is 12.0 Å². The first-order valence-electron chi connectivity index (χ1n) is 7.94. The fourth-order valence-electron chi connectivity index (χ4n) is 3.55. The third kappa shape index (κ3) is 2.73. The van der Waals surface area contributed by atoms with Gasteiger partial charge in [-0.1, -0.05) is 18.2 Å². The average Bonchev–Trinajstić information content (AvgIpc) is 3.04. The quantitative estimate of drug-likeness (QED) is 0.888. The second-order valence-electron chi connectivity index (χ2n) is 6.29. The molecule has 1 aromatic carbocycles. The Labute approximate surface area is 130 Å². The van der Waals surface area contributed by atoms with Crippen molar-refractivity contribution in [2.45, 2.75) is 50.8 Å². The third-order valence-electron chi connectivity index (χ3n) is 4.72. The van der Waals surface area contributed by atoms with Crippen molar-refractivity contribution < 1.29 is 14.7 Å². The predicted molar refractivity (Wildman–Crippen MR) is 83.3 cm³/mol. The molecular weight excluding hydrogens is 280 g/mol. The monoisotopic (exact) mass is 302 g/mol. The Balaban J connectivity index is 1.69. The molecule has 1 saturated carbocycles. The van der Waals surface area contributed by atoms with Gasteiger partial charge >= 0.3 is 0 Å². The Morgan fingerprint density at radius 2 is 2.00 bits per heavy atom. The van der Waals surface area contributed by atoms with E-state index >= 15 is 0 Å². The number of amides is 2. The van der Waals surface area contributed by atoms with Crippen molar-refractivity contribution >= 4 is 17.5 Å². The van der Waals surface area contributed by atoms with Crippen LogP contribution in [0, 0.1) is 5.92 Å². The van der Waals surface area contributed by atoms with Gasteiger partial charge in [-0.2, -0.15) is 0 Å². The summed E-state index contributed by atoms with van der Waals surface area (Å²) in [5.74, 6) is -0.626. The summed E-state index contributed by atoms with van der Waals surface area (Å²) in [6, 6.07) is 9.07. The number of aliphatic hydroxyl groups is 1. The summed E-state index contributed by atoms with van der Waals surface area (Å²) in [4.78, 5) is 26.6. The van der Waals surface area contributed by atoms with Crippen molar-refractivity contribution in [1.29, 1.82) is 0 Å². The van der Waals surface area contributed by atoms with E-state index in [4.69, 9.17) is 0 Å². The molecule has 4 atom stereocenters. The van der Waals surface area contributed by atoms with E-state index in [2.05, 4.69) is 5.32 Å². The van der Waals surface area contributed by atoms with Gasteiger partial charge < -0.3 is 15.3 Å². The smallest absolute Gasteiger partial charge is 0.249 e. The van der Waals surface area contributed by atoms with Crippen LogP contribution in [0.25, 0.3) is 0 Å². The van der Waals surface area contributed by atoms with Crippen LogP contribution in [0.5, 0.6) is 0 Å². The van der Waals surface area contributed by atoms with Gasteiger partial charge in [-0.05, 0) is 44.7 Å². The Bertz CT molecular complexity index is 560. The van der Waals surface area contributed by atoms with Gasteiger partial charge in [-0.15, -0.1) is 0 Å². The highest BCUT2D eigenvalue weighted by Crippen LogP contribution is 2.29. The van der Waals surface area contributed by atoms with E-state index in [0.29, 0.717) is 19.3 Å². The lowest BCUT2D eigenvalue weighted by atomic mass is 10.0. The van der Waals surface area contributed by atoms with Crippen LogP contribution in [0.2, 0.25) is 0 Å². The number of nitrogens with one attached hydrogen (secondary N) is 1. The van der Waals surface area contributed by atoms with Crippen LogP contribution in [0.4, 0.5) is 5.69 Å². The van der Waals surface area contributed by atoms with E-state index in [-0.39, 0.29) is 23.8 Å². The molecule has 1 aliphatic carbocycles. The molecule has 3 rings (SSSR count). The fourth-order valence-corrected chi connectivity index (χ4v) is 3.55. The van der Waals surface area contributed by atoms with Gasteiger partial charge in [-0.3, -0.25) is 9.59 Å². The minimum Gasteiger partial charge on any atom is -0.392 e. The van der Waals surface area contributed by atoms with Crippen LogP contribution in [0.1, 0.15) is 32.6 Å². The molecular formula is C17H22N2O3. The van der Waals surface area contributed by atoms with Crippen LogP contribution in [0.3, 0.4) is 0 Å². The van der Waals surface area contributed by atoms with E-state index in [1.54, 1.807) is 4.90 Å². The molecule has 1 aromatic rings. The zero-order valence-corrected chi connectivity index (χ0v) is 12.7. The molecule has 22 heavy (non-hydrogen) atoms. The number of anilines is 1. The molecule has 0 spiro atoms. The SMILES string of the molecule is CC1CC(NC(=O)C2CCCC2O)C(=O)N1c1ccccc1. The van der Waals surface area contributed by atoms with Crippen LogP contribution in [-0.4, -0.2) is 35.1 Å². The maximum atomic E-state index is 12.6. The molecule has 2 fully saturated rings. The van der Waals surface area contributed by atoms with Crippen molar-refractivity contribution in [3.05, 3.63) is 30.3 Å². The molecule has 2 N–H and O–H groups in total. The maximum absolute atomic E-state index is 12.6. The Kier molecular flexibility index (Phi) is 4.16. The molecule has 0 radical (unpaired) electrons. The lowest BCUT2D eigenvalue weighted by Gasteiger charge is -2.22. The molecule has 4 unspecified atom stereocenters. The molecule has 5 heteroatoms. The van der Waals surface area contributed by atoms with Crippen LogP contribution in [-0.2, 0) is 9.59 Å². The molecule has 0 aromatic heterocycles. The Morgan fingerprint density at radius 3 is 2.64 bits per heavy atom. The molecule has 2 amide bonds. The maximum Gasteiger partial charge on any atom is 0.249 e. The molecule has 2 aliphatic rings. The Morgan fingerprint density at radius 1 is 1.27 bits per heavy atom. The zero-order chi connectivity index (χ0) is 15.7. The molecule has 5 nitrogen and oxygen atoms in total. The summed E-state index contributed by atoms with van der Waals surface area (Å²) in [5, 5.41) is 12.7. The largest absolute Gasteiger partial charge is 0.392 e. The van der Waals surface area contributed by atoms with E-state index in [0.717, 1.165) is 12.1 Å². The standard InChI is InChI=1S/C17H22N2O3/c1-11-10-14(18-16(21)13-8-5-9-15(13)20)17(22)19(11)12-6-3-2-4-7-12/h2-4,6-7,11,13-15,20H,5,8-10H2,1H3,(H,18,21). The number of carbonyl (C=O) groups excluding carboxylic acids is 2. The highest BCUT2D eigenvalue weighted by molar-refractivity contribution is 6.02. The fraction of sp³-hybridized carbons (Fsp3) is 0.529. The summed E-state index contributed by atoms with van der Waals surface area (Å²) in [6.45, 7) is 1.99. The molecule has 0 bridgehead atoms. The first kappa shape index (κ1) is 15.0. The van der Waals surface area contributed by atoms with Gasteiger partial charge in [0, 0.05) is 11.7 Å². The number of carbonyl (C=O) groups is 2. The molecule has 1 heterocycles. The minimum atomic E-state index is -0.570. The normalized spacial score (nSPS) is 31.5. The van der Waals surface area contributed by atoms with Crippen LogP contribution < -0.4 is 10.2 Å². The van der Waals surface area contributed by atoms with Gasteiger partial charge in [0.1, 0.15) is 6.04 Å². The third-order valence-corrected chi connectivity index (χ3v) is 4.72. The highest BCUT2D eigenvalue weighted by Gasteiger charge is 2.41. The number of para-hydroxylation sites is 1. The number of nitrogens with zero attached hydrogens (tertiary/aromatic N) is 1. The summed E-state index contributed by atoms with van der Waals surface area (Å²) in [5.41, 5.74) is 0.859.